The van der Waals surface area contributed by atoms with Gasteiger partial charge in [0.2, 0.25) is 0 Å². The van der Waals surface area contributed by atoms with Crippen LogP contribution < -0.4 is 5.32 Å². The molecule has 188 valence electrons. The summed E-state index contributed by atoms with van der Waals surface area (Å²) in [7, 11) is 2.10. The number of aromatic nitrogens is 3. The summed E-state index contributed by atoms with van der Waals surface area (Å²) in [5.41, 5.74) is 4.98. The molecule has 0 spiro atoms. The van der Waals surface area contributed by atoms with Crippen LogP contribution in [0.25, 0.3) is 11.3 Å². The van der Waals surface area contributed by atoms with Gasteiger partial charge in [0.05, 0.1) is 17.4 Å². The number of likely N-dealkylation sites (N-methyl/N-ethyl adjacent to an activating group) is 1. The van der Waals surface area contributed by atoms with Crippen LogP contribution in [-0.2, 0) is 13.0 Å². The molecular formula is C28H28N6O2S. The first-order valence-corrected chi connectivity index (χ1v) is 13.4. The first-order chi connectivity index (χ1) is 18.0. The van der Waals surface area contributed by atoms with Crippen molar-refractivity contribution in [1.29, 1.82) is 0 Å². The van der Waals surface area contributed by atoms with Crippen molar-refractivity contribution < 1.29 is 9.59 Å². The third-order valence-electron chi connectivity index (χ3n) is 7.10. The first kappa shape index (κ1) is 23.6. The van der Waals surface area contributed by atoms with Crippen molar-refractivity contribution in [2.24, 2.45) is 0 Å². The zero-order chi connectivity index (χ0) is 25.4. The Balaban J connectivity index is 1.19. The maximum Gasteiger partial charge on any atom is 0.257 e. The molecule has 37 heavy (non-hydrogen) atoms. The average Bonchev–Trinajstić information content (AvgIpc) is 3.69. The van der Waals surface area contributed by atoms with Crippen LogP contribution in [0.15, 0.2) is 60.8 Å². The van der Waals surface area contributed by atoms with Gasteiger partial charge in [-0.2, -0.15) is 5.10 Å². The Kier molecular flexibility index (Phi) is 6.31. The molecule has 1 atom stereocenters. The molecule has 4 aromatic rings. The highest BCUT2D eigenvalue weighted by molar-refractivity contribution is 7.15. The van der Waals surface area contributed by atoms with Crippen LogP contribution in [0.1, 0.15) is 55.7 Å². The standard InChI is InChI=1S/C28H28N6O2S/c1-33-14-11-23-25(17-33)37-28(30-23)31-26(35)20-7-3-6-19(16-20)24-9-4-13-34(24)27(36)21-8-2-5-18(15-21)22-10-12-29-32-22/h2-3,5-8,10,12,15-16,24H,4,9,11,13-14,17H2,1H3,(H,29,32)(H,30,31,35)/t24-/m1/s1. The van der Waals surface area contributed by atoms with Gasteiger partial charge in [-0.1, -0.05) is 24.3 Å². The van der Waals surface area contributed by atoms with E-state index in [1.165, 1.54) is 4.88 Å². The van der Waals surface area contributed by atoms with Gasteiger partial charge < -0.3 is 9.80 Å². The van der Waals surface area contributed by atoms with Crippen LogP contribution in [0.4, 0.5) is 5.13 Å². The number of aromatic amines is 1. The number of carbonyl (C=O) groups excluding carboxylic acids is 2. The van der Waals surface area contributed by atoms with Crippen LogP contribution in [0.2, 0.25) is 0 Å². The molecule has 2 aromatic heterocycles. The van der Waals surface area contributed by atoms with E-state index in [0.717, 1.165) is 54.9 Å². The van der Waals surface area contributed by atoms with Crippen molar-refractivity contribution in [2.75, 3.05) is 25.5 Å². The fourth-order valence-corrected chi connectivity index (χ4v) is 6.27. The van der Waals surface area contributed by atoms with Crippen LogP contribution in [-0.4, -0.2) is 56.9 Å². The molecule has 0 unspecified atom stereocenters. The number of amides is 2. The van der Waals surface area contributed by atoms with Crippen LogP contribution in [0.3, 0.4) is 0 Å². The molecule has 0 aliphatic carbocycles. The van der Waals surface area contributed by atoms with E-state index < -0.39 is 0 Å². The number of likely N-dealkylation sites (tertiary alicyclic amines) is 1. The van der Waals surface area contributed by atoms with Gasteiger partial charge in [-0.05, 0) is 55.8 Å². The van der Waals surface area contributed by atoms with Gasteiger partial charge in [-0.25, -0.2) is 4.98 Å². The Morgan fingerprint density at radius 2 is 1.95 bits per heavy atom. The number of H-pyrrole nitrogens is 1. The lowest BCUT2D eigenvalue weighted by atomic mass is 10.0. The van der Waals surface area contributed by atoms with E-state index in [4.69, 9.17) is 0 Å². The summed E-state index contributed by atoms with van der Waals surface area (Å²) in [6.45, 7) is 2.54. The maximum atomic E-state index is 13.5. The van der Waals surface area contributed by atoms with E-state index in [9.17, 15) is 9.59 Å². The summed E-state index contributed by atoms with van der Waals surface area (Å²) in [4.78, 5) is 36.7. The Hall–Kier alpha value is -3.82. The average molecular weight is 513 g/mol. The number of anilines is 1. The van der Waals surface area contributed by atoms with Crippen molar-refractivity contribution in [3.05, 3.63) is 88.1 Å². The second-order valence-electron chi connectivity index (χ2n) is 9.65. The van der Waals surface area contributed by atoms with E-state index in [1.54, 1.807) is 17.5 Å². The van der Waals surface area contributed by atoms with Crippen LogP contribution in [0, 0.1) is 0 Å². The zero-order valence-electron chi connectivity index (χ0n) is 20.6. The summed E-state index contributed by atoms with van der Waals surface area (Å²) in [5, 5.41) is 10.7. The molecule has 4 heterocycles. The van der Waals surface area contributed by atoms with E-state index in [0.29, 0.717) is 22.8 Å². The molecule has 0 radical (unpaired) electrons. The van der Waals surface area contributed by atoms with Gasteiger partial charge in [0, 0.05) is 53.8 Å². The second kappa shape index (κ2) is 9.91. The van der Waals surface area contributed by atoms with Gasteiger partial charge in [0.15, 0.2) is 5.13 Å². The molecule has 0 saturated carbocycles. The number of nitrogens with one attached hydrogen (secondary N) is 2. The molecule has 0 bridgehead atoms. The minimum absolute atomic E-state index is 0.00641. The van der Waals surface area contributed by atoms with Gasteiger partial charge in [0.25, 0.3) is 11.8 Å². The number of hydrogen-bond acceptors (Lipinski definition) is 6. The summed E-state index contributed by atoms with van der Waals surface area (Å²) in [5.74, 6) is -0.183. The molecule has 2 amide bonds. The number of hydrogen-bond donors (Lipinski definition) is 2. The fraction of sp³-hybridized carbons (Fsp3) is 0.286. The van der Waals surface area contributed by atoms with E-state index in [2.05, 4.69) is 32.4 Å². The Morgan fingerprint density at radius 3 is 2.81 bits per heavy atom. The van der Waals surface area contributed by atoms with Crippen molar-refractivity contribution in [3.8, 4) is 11.3 Å². The predicted octanol–water partition coefficient (Wildman–Crippen LogP) is 4.75. The largest absolute Gasteiger partial charge is 0.332 e. The molecule has 2 N–H and O–H groups in total. The summed E-state index contributed by atoms with van der Waals surface area (Å²) in [6, 6.07) is 17.0. The molecule has 2 aliphatic heterocycles. The summed E-state index contributed by atoms with van der Waals surface area (Å²) >= 11 is 1.55. The highest BCUT2D eigenvalue weighted by Gasteiger charge is 2.31. The number of rotatable bonds is 5. The minimum atomic E-state index is -0.177. The van der Waals surface area contributed by atoms with E-state index in [-0.39, 0.29) is 17.9 Å². The smallest absolute Gasteiger partial charge is 0.257 e. The van der Waals surface area contributed by atoms with Gasteiger partial charge in [-0.15, -0.1) is 11.3 Å². The van der Waals surface area contributed by atoms with Crippen LogP contribution >= 0.6 is 11.3 Å². The number of fused-ring (bicyclic) bond motifs is 1. The number of nitrogens with zero attached hydrogens (tertiary/aromatic N) is 4. The van der Waals surface area contributed by atoms with Crippen molar-refractivity contribution in [3.63, 3.8) is 0 Å². The monoisotopic (exact) mass is 512 g/mol. The molecule has 1 fully saturated rings. The van der Waals surface area contributed by atoms with Crippen molar-refractivity contribution in [1.82, 2.24) is 25.0 Å². The minimum Gasteiger partial charge on any atom is -0.332 e. The summed E-state index contributed by atoms with van der Waals surface area (Å²) < 4.78 is 0. The third kappa shape index (κ3) is 4.80. The molecule has 6 rings (SSSR count). The zero-order valence-corrected chi connectivity index (χ0v) is 21.4. The predicted molar refractivity (Wildman–Crippen MR) is 144 cm³/mol. The number of thiazole rings is 1. The van der Waals surface area contributed by atoms with Crippen LogP contribution in [0.5, 0.6) is 0 Å². The molecule has 2 aromatic carbocycles. The third-order valence-corrected chi connectivity index (χ3v) is 8.09. The molecular weight excluding hydrogens is 484 g/mol. The second-order valence-corrected chi connectivity index (χ2v) is 10.7. The number of carbonyl (C=O) groups is 2. The normalized spacial score (nSPS) is 17.5. The maximum absolute atomic E-state index is 13.5. The lowest BCUT2D eigenvalue weighted by molar-refractivity contribution is 0.0735. The van der Waals surface area contributed by atoms with Gasteiger partial charge in [0.1, 0.15) is 0 Å². The molecule has 2 aliphatic rings. The van der Waals surface area contributed by atoms with Crippen molar-refractivity contribution in [2.45, 2.75) is 31.8 Å². The quantitative estimate of drug-likeness (QED) is 0.402. The molecule has 9 heteroatoms. The van der Waals surface area contributed by atoms with Gasteiger partial charge >= 0.3 is 0 Å². The Morgan fingerprint density at radius 1 is 1.08 bits per heavy atom. The first-order valence-electron chi connectivity index (χ1n) is 12.5. The lowest BCUT2D eigenvalue weighted by Gasteiger charge is -2.25. The highest BCUT2D eigenvalue weighted by Crippen LogP contribution is 2.34. The fourth-order valence-electron chi connectivity index (χ4n) is 5.19. The highest BCUT2D eigenvalue weighted by atomic mass is 32.1. The Labute approximate surface area is 219 Å². The summed E-state index contributed by atoms with van der Waals surface area (Å²) in [6.07, 6.45) is 4.46. The SMILES string of the molecule is CN1CCc2nc(NC(=O)c3cccc([C@H]4CCCN4C(=O)c4cccc(-c5cc[nH]n5)c4)c3)sc2C1. The molecule has 1 saturated heterocycles. The topological polar surface area (TPSA) is 94.2 Å². The van der Waals surface area contributed by atoms with Gasteiger partial charge in [-0.3, -0.25) is 20.0 Å². The van der Waals surface area contributed by atoms with E-state index in [1.807, 2.05) is 59.5 Å². The van der Waals surface area contributed by atoms with Crippen molar-refractivity contribution >= 4 is 28.3 Å². The Bertz CT molecular complexity index is 1450. The number of benzene rings is 2. The lowest BCUT2D eigenvalue weighted by Crippen LogP contribution is -2.30. The molecule has 8 nitrogen and oxygen atoms in total. The van der Waals surface area contributed by atoms with E-state index >= 15 is 0 Å².